The number of benzene rings is 2. The molecule has 0 unspecified atom stereocenters. The van der Waals surface area contributed by atoms with E-state index in [1.54, 1.807) is 11.8 Å². The Hall–Kier alpha value is -2.95. The molecule has 2 amide bonds. The molecule has 140 valence electrons. The van der Waals surface area contributed by atoms with Crippen LogP contribution in [0.15, 0.2) is 42.5 Å². The summed E-state index contributed by atoms with van der Waals surface area (Å²) in [4.78, 5) is 36.8. The lowest BCUT2D eigenvalue weighted by Gasteiger charge is -2.39. The van der Waals surface area contributed by atoms with Crippen LogP contribution in [0.1, 0.15) is 55.6 Å². The second-order valence-electron chi connectivity index (χ2n) is 6.94. The van der Waals surface area contributed by atoms with Gasteiger partial charge in [-0.1, -0.05) is 37.3 Å². The molecule has 5 heteroatoms. The molecule has 27 heavy (non-hydrogen) atoms. The minimum Gasteiger partial charge on any atom is -0.352 e. The molecule has 2 atom stereocenters. The van der Waals surface area contributed by atoms with Crippen molar-refractivity contribution in [2.24, 2.45) is 0 Å². The predicted octanol–water partition coefficient (Wildman–Crippen LogP) is 3.88. The molecule has 0 aliphatic carbocycles. The summed E-state index contributed by atoms with van der Waals surface area (Å²) in [5.74, 6) is 0.108. The first-order valence-electron chi connectivity index (χ1n) is 9.23. The summed E-state index contributed by atoms with van der Waals surface area (Å²) >= 11 is 0. The fourth-order valence-corrected chi connectivity index (χ4v) is 3.82. The summed E-state index contributed by atoms with van der Waals surface area (Å²) in [6, 6.07) is 13.4. The lowest BCUT2D eigenvalue weighted by molar-refractivity contribution is -0.117. The van der Waals surface area contributed by atoms with Gasteiger partial charge in [-0.15, -0.1) is 0 Å². The Morgan fingerprint density at radius 1 is 1.15 bits per heavy atom. The third-order valence-corrected chi connectivity index (χ3v) is 5.15. The second-order valence-corrected chi connectivity index (χ2v) is 6.94. The number of fused-ring (bicyclic) bond motifs is 1. The van der Waals surface area contributed by atoms with Crippen molar-refractivity contribution >= 4 is 23.8 Å². The van der Waals surface area contributed by atoms with Crippen molar-refractivity contribution in [3.05, 3.63) is 53.6 Å². The van der Waals surface area contributed by atoms with Crippen LogP contribution >= 0.6 is 0 Å². The van der Waals surface area contributed by atoms with Crippen LogP contribution in [-0.4, -0.2) is 24.1 Å². The largest absolute Gasteiger partial charge is 0.352 e. The predicted molar refractivity (Wildman–Crippen MR) is 106 cm³/mol. The number of hydrogen-bond acceptors (Lipinski definition) is 3. The number of carbonyl (C=O) groups excluding carboxylic acids is 3. The summed E-state index contributed by atoms with van der Waals surface area (Å²) in [7, 11) is 0. The molecule has 0 fully saturated rings. The highest BCUT2D eigenvalue weighted by Crippen LogP contribution is 2.39. The molecular weight excluding hydrogens is 340 g/mol. The summed E-state index contributed by atoms with van der Waals surface area (Å²) in [6.45, 7) is 5.40. The molecule has 1 N–H and O–H groups in total. The van der Waals surface area contributed by atoms with Gasteiger partial charge in [0, 0.05) is 30.6 Å². The molecule has 2 aromatic rings. The van der Waals surface area contributed by atoms with E-state index in [0.29, 0.717) is 24.8 Å². The molecule has 0 aromatic heterocycles. The van der Waals surface area contributed by atoms with Crippen LogP contribution in [0, 0.1) is 0 Å². The van der Waals surface area contributed by atoms with Crippen LogP contribution < -0.4 is 10.2 Å². The van der Waals surface area contributed by atoms with E-state index in [0.717, 1.165) is 22.4 Å². The van der Waals surface area contributed by atoms with E-state index in [1.807, 2.05) is 56.3 Å². The number of nitrogens with one attached hydrogen (secondary N) is 1. The number of ketones is 1. The van der Waals surface area contributed by atoms with E-state index in [4.69, 9.17) is 0 Å². The van der Waals surface area contributed by atoms with Gasteiger partial charge in [0.2, 0.25) is 12.3 Å². The lowest BCUT2D eigenvalue weighted by Crippen LogP contribution is -2.44. The van der Waals surface area contributed by atoms with Gasteiger partial charge < -0.3 is 10.2 Å². The molecule has 0 saturated heterocycles. The zero-order chi connectivity index (χ0) is 19.6. The molecule has 2 aromatic carbocycles. The van der Waals surface area contributed by atoms with Gasteiger partial charge in [-0.25, -0.2) is 0 Å². The first-order chi connectivity index (χ1) is 13.0. The van der Waals surface area contributed by atoms with E-state index < -0.39 is 0 Å². The van der Waals surface area contributed by atoms with Crippen LogP contribution in [0.2, 0.25) is 0 Å². The number of Topliss-reactive ketones (excluding diaryl/α,β-unsaturated/α-hetero) is 1. The topological polar surface area (TPSA) is 66.5 Å². The molecule has 5 nitrogen and oxygen atoms in total. The molecule has 0 spiro atoms. The van der Waals surface area contributed by atoms with Crippen LogP contribution in [0.3, 0.4) is 0 Å². The minimum absolute atomic E-state index is 0.0107. The van der Waals surface area contributed by atoms with Crippen molar-refractivity contribution in [3.8, 4) is 11.1 Å². The number of carbonyl (C=O) groups is 3. The van der Waals surface area contributed by atoms with E-state index in [1.165, 1.54) is 0 Å². The number of amides is 2. The second kappa shape index (κ2) is 7.74. The Morgan fingerprint density at radius 2 is 1.81 bits per heavy atom. The highest BCUT2D eigenvalue weighted by atomic mass is 16.2. The summed E-state index contributed by atoms with van der Waals surface area (Å²) in [6.07, 6.45) is 1.86. The molecular formula is C22H24N2O3. The third-order valence-electron chi connectivity index (χ3n) is 5.15. The SMILES string of the molecule is CCC(=O)c1ccc(-c2ccc3c(c2)[C@H](NC=O)C[C@H](C)N3C(C)=O)cc1. The van der Waals surface area contributed by atoms with Crippen LogP contribution in [0.4, 0.5) is 5.69 Å². The van der Waals surface area contributed by atoms with Crippen molar-refractivity contribution in [2.45, 2.75) is 45.7 Å². The van der Waals surface area contributed by atoms with E-state index in [9.17, 15) is 14.4 Å². The fraction of sp³-hybridized carbons (Fsp3) is 0.318. The zero-order valence-electron chi connectivity index (χ0n) is 15.9. The number of anilines is 1. The zero-order valence-corrected chi connectivity index (χ0v) is 15.9. The quantitative estimate of drug-likeness (QED) is 0.647. The number of hydrogen-bond donors (Lipinski definition) is 1. The molecule has 1 heterocycles. The average molecular weight is 364 g/mol. The minimum atomic E-state index is -0.135. The third kappa shape index (κ3) is 3.63. The highest BCUT2D eigenvalue weighted by Gasteiger charge is 2.32. The Morgan fingerprint density at radius 3 is 2.41 bits per heavy atom. The van der Waals surface area contributed by atoms with Crippen molar-refractivity contribution in [1.82, 2.24) is 5.32 Å². The first kappa shape index (κ1) is 18.8. The van der Waals surface area contributed by atoms with E-state index >= 15 is 0 Å². The van der Waals surface area contributed by atoms with Crippen molar-refractivity contribution in [3.63, 3.8) is 0 Å². The fourth-order valence-electron chi connectivity index (χ4n) is 3.82. The average Bonchev–Trinajstić information content (AvgIpc) is 2.67. The maximum Gasteiger partial charge on any atom is 0.224 e. The van der Waals surface area contributed by atoms with Crippen molar-refractivity contribution < 1.29 is 14.4 Å². The highest BCUT2D eigenvalue weighted by molar-refractivity contribution is 5.96. The molecule has 0 radical (unpaired) electrons. The Bertz CT molecular complexity index is 874. The van der Waals surface area contributed by atoms with Gasteiger partial charge in [0.05, 0.1) is 6.04 Å². The van der Waals surface area contributed by atoms with Gasteiger partial charge in [-0.05, 0) is 42.2 Å². The maximum atomic E-state index is 12.1. The molecule has 3 rings (SSSR count). The number of nitrogens with zero attached hydrogens (tertiary/aromatic N) is 1. The van der Waals surface area contributed by atoms with Gasteiger partial charge in [-0.3, -0.25) is 14.4 Å². The number of rotatable bonds is 5. The summed E-state index contributed by atoms with van der Waals surface area (Å²) < 4.78 is 0. The first-order valence-corrected chi connectivity index (χ1v) is 9.23. The normalized spacial score (nSPS) is 18.6. The van der Waals surface area contributed by atoms with Crippen molar-refractivity contribution in [1.29, 1.82) is 0 Å². The standard InChI is InChI=1S/C22H24N2O3/c1-4-22(27)17-7-5-16(6-8-17)18-9-10-21-19(12-18)20(23-13-25)11-14(2)24(21)15(3)26/h5-10,12-14,20H,4,11H2,1-3H3,(H,23,25)/t14-,20+/m0/s1. The molecule has 0 saturated carbocycles. The van der Waals surface area contributed by atoms with Crippen molar-refractivity contribution in [2.75, 3.05) is 4.90 Å². The smallest absolute Gasteiger partial charge is 0.224 e. The van der Waals surface area contributed by atoms with Gasteiger partial charge >= 0.3 is 0 Å². The Labute approximate surface area is 159 Å². The summed E-state index contributed by atoms with van der Waals surface area (Å²) in [5, 5.41) is 2.88. The van der Waals surface area contributed by atoms with Gasteiger partial charge in [0.15, 0.2) is 5.78 Å². The molecule has 1 aliphatic heterocycles. The summed E-state index contributed by atoms with van der Waals surface area (Å²) in [5.41, 5.74) is 4.45. The molecule has 1 aliphatic rings. The maximum absolute atomic E-state index is 12.1. The van der Waals surface area contributed by atoms with Crippen LogP contribution in [0.25, 0.3) is 11.1 Å². The van der Waals surface area contributed by atoms with Gasteiger partial charge in [-0.2, -0.15) is 0 Å². The molecule has 0 bridgehead atoms. The lowest BCUT2D eigenvalue weighted by atomic mass is 9.89. The Kier molecular flexibility index (Phi) is 5.40. The van der Waals surface area contributed by atoms with Crippen LogP contribution in [-0.2, 0) is 9.59 Å². The Balaban J connectivity index is 2.03. The van der Waals surface area contributed by atoms with Crippen LogP contribution in [0.5, 0.6) is 0 Å². The van der Waals surface area contributed by atoms with E-state index in [2.05, 4.69) is 5.32 Å². The van der Waals surface area contributed by atoms with Gasteiger partial charge in [0.1, 0.15) is 0 Å². The monoisotopic (exact) mass is 364 g/mol. The van der Waals surface area contributed by atoms with E-state index in [-0.39, 0.29) is 23.8 Å². The van der Waals surface area contributed by atoms with Gasteiger partial charge in [0.25, 0.3) is 0 Å².